The first-order valence-electron chi connectivity index (χ1n) is 5.72. The van der Waals surface area contributed by atoms with Crippen molar-refractivity contribution >= 4 is 17.4 Å². The Labute approximate surface area is 106 Å². The molecule has 1 unspecified atom stereocenters. The number of nitriles is 1. The highest BCUT2D eigenvalue weighted by molar-refractivity contribution is 6.33. The summed E-state index contributed by atoms with van der Waals surface area (Å²) >= 11 is 6.07. The summed E-state index contributed by atoms with van der Waals surface area (Å²) in [6, 6.07) is 3.74. The van der Waals surface area contributed by atoms with Gasteiger partial charge < -0.3 is 10.6 Å². The summed E-state index contributed by atoms with van der Waals surface area (Å²) in [6.45, 7) is 4.81. The monoisotopic (exact) mass is 250 g/mol. The molecule has 1 fully saturated rings. The molecule has 0 saturated carbocycles. The molecule has 0 bridgehead atoms. The zero-order chi connectivity index (χ0) is 12.3. The van der Waals surface area contributed by atoms with Crippen molar-refractivity contribution in [3.8, 4) is 6.07 Å². The van der Waals surface area contributed by atoms with Crippen LogP contribution in [0.1, 0.15) is 17.7 Å². The maximum Gasteiger partial charge on any atom is 0.145 e. The van der Waals surface area contributed by atoms with E-state index in [1.807, 2.05) is 6.92 Å². The van der Waals surface area contributed by atoms with E-state index in [4.69, 9.17) is 16.9 Å². The summed E-state index contributed by atoms with van der Waals surface area (Å²) in [6.07, 6.45) is 1.18. The molecule has 5 heteroatoms. The third-order valence-corrected chi connectivity index (χ3v) is 3.30. The van der Waals surface area contributed by atoms with Gasteiger partial charge in [-0.05, 0) is 38.4 Å². The number of pyridine rings is 1. The first kappa shape index (κ1) is 12.2. The van der Waals surface area contributed by atoms with Gasteiger partial charge in [0.05, 0.1) is 16.3 Å². The van der Waals surface area contributed by atoms with Gasteiger partial charge in [-0.3, -0.25) is 0 Å². The summed E-state index contributed by atoms with van der Waals surface area (Å²) in [5.74, 6) is 1.30. The summed E-state index contributed by atoms with van der Waals surface area (Å²) in [7, 11) is 0. The van der Waals surface area contributed by atoms with Crippen LogP contribution in [0.2, 0.25) is 5.02 Å². The number of hydrogen-bond donors (Lipinski definition) is 2. The molecule has 17 heavy (non-hydrogen) atoms. The zero-order valence-corrected chi connectivity index (χ0v) is 10.5. The van der Waals surface area contributed by atoms with Gasteiger partial charge in [0.1, 0.15) is 11.9 Å². The molecule has 1 saturated heterocycles. The largest absolute Gasteiger partial charge is 0.369 e. The van der Waals surface area contributed by atoms with Crippen LogP contribution in [0.3, 0.4) is 0 Å². The highest BCUT2D eigenvalue weighted by atomic mass is 35.5. The van der Waals surface area contributed by atoms with Crippen molar-refractivity contribution < 1.29 is 0 Å². The van der Waals surface area contributed by atoms with Crippen molar-refractivity contribution in [3.05, 3.63) is 22.3 Å². The second kappa shape index (κ2) is 5.35. The number of halogens is 1. The van der Waals surface area contributed by atoms with Crippen LogP contribution in [0, 0.1) is 24.2 Å². The summed E-state index contributed by atoms with van der Waals surface area (Å²) in [4.78, 5) is 4.32. The Morgan fingerprint density at radius 2 is 2.53 bits per heavy atom. The van der Waals surface area contributed by atoms with Crippen LogP contribution < -0.4 is 10.6 Å². The van der Waals surface area contributed by atoms with Crippen LogP contribution in [0.25, 0.3) is 0 Å². The smallest absolute Gasteiger partial charge is 0.145 e. The normalized spacial score (nSPS) is 19.0. The van der Waals surface area contributed by atoms with Gasteiger partial charge >= 0.3 is 0 Å². The minimum atomic E-state index is 0.512. The summed E-state index contributed by atoms with van der Waals surface area (Å²) in [5, 5.41) is 15.9. The molecule has 2 heterocycles. The van der Waals surface area contributed by atoms with Crippen LogP contribution >= 0.6 is 11.6 Å². The van der Waals surface area contributed by atoms with Crippen LogP contribution in [-0.4, -0.2) is 24.6 Å². The van der Waals surface area contributed by atoms with Crippen LogP contribution in [0.5, 0.6) is 0 Å². The van der Waals surface area contributed by atoms with E-state index in [1.54, 1.807) is 6.07 Å². The summed E-state index contributed by atoms with van der Waals surface area (Å²) < 4.78 is 0. The van der Waals surface area contributed by atoms with Gasteiger partial charge in [-0.15, -0.1) is 0 Å². The van der Waals surface area contributed by atoms with E-state index >= 15 is 0 Å². The average Bonchev–Trinajstić information content (AvgIpc) is 2.82. The number of rotatable bonds is 3. The first-order chi connectivity index (χ1) is 8.20. The van der Waals surface area contributed by atoms with Gasteiger partial charge in [-0.1, -0.05) is 11.6 Å². The van der Waals surface area contributed by atoms with Gasteiger partial charge in [0.25, 0.3) is 0 Å². The van der Waals surface area contributed by atoms with Crippen molar-refractivity contribution in [2.45, 2.75) is 13.3 Å². The first-order valence-corrected chi connectivity index (χ1v) is 6.10. The Bertz CT molecular complexity index is 447. The maximum absolute atomic E-state index is 8.86. The standard InChI is InChI=1S/C12H15ClN4/c1-8-10(5-14)4-11(13)12(17-8)16-7-9-2-3-15-6-9/h4,9,15H,2-3,6-7H2,1H3,(H,16,17). The average molecular weight is 251 g/mol. The van der Waals surface area contributed by atoms with E-state index < -0.39 is 0 Å². The fourth-order valence-corrected chi connectivity index (χ4v) is 2.17. The predicted molar refractivity (Wildman–Crippen MR) is 68.2 cm³/mol. The third-order valence-electron chi connectivity index (χ3n) is 3.01. The Morgan fingerprint density at radius 3 is 3.18 bits per heavy atom. The van der Waals surface area contributed by atoms with Gasteiger partial charge in [-0.25, -0.2) is 4.98 Å². The van der Waals surface area contributed by atoms with Crippen LogP contribution in [0.15, 0.2) is 6.07 Å². The SMILES string of the molecule is Cc1nc(NCC2CCNC2)c(Cl)cc1C#N. The Hall–Kier alpha value is -1.31. The minimum Gasteiger partial charge on any atom is -0.369 e. The van der Waals surface area contributed by atoms with E-state index in [1.165, 1.54) is 6.42 Å². The highest BCUT2D eigenvalue weighted by Gasteiger charge is 2.15. The highest BCUT2D eigenvalue weighted by Crippen LogP contribution is 2.22. The predicted octanol–water partition coefficient (Wildman–Crippen LogP) is 1.94. The second-order valence-electron chi connectivity index (χ2n) is 4.30. The molecular weight excluding hydrogens is 236 g/mol. The molecule has 0 aliphatic carbocycles. The van der Waals surface area contributed by atoms with Crippen molar-refractivity contribution in [3.63, 3.8) is 0 Å². The number of anilines is 1. The van der Waals surface area contributed by atoms with Crippen molar-refractivity contribution in [2.75, 3.05) is 25.0 Å². The molecule has 0 amide bonds. The fraction of sp³-hybridized carbons (Fsp3) is 0.500. The molecule has 1 aliphatic rings. The topological polar surface area (TPSA) is 60.7 Å². The quantitative estimate of drug-likeness (QED) is 0.861. The fourth-order valence-electron chi connectivity index (χ4n) is 1.95. The molecule has 0 aromatic carbocycles. The van der Waals surface area contributed by atoms with Crippen LogP contribution in [0.4, 0.5) is 5.82 Å². The molecule has 1 aromatic heterocycles. The molecule has 4 nitrogen and oxygen atoms in total. The lowest BCUT2D eigenvalue weighted by molar-refractivity contribution is 0.614. The molecule has 1 aromatic rings. The van der Waals surface area contributed by atoms with E-state index in [-0.39, 0.29) is 0 Å². The van der Waals surface area contributed by atoms with Gasteiger partial charge in [0.15, 0.2) is 0 Å². The zero-order valence-electron chi connectivity index (χ0n) is 9.76. The Balaban J connectivity index is 2.05. The molecule has 2 N–H and O–H groups in total. The lowest BCUT2D eigenvalue weighted by Gasteiger charge is -2.12. The number of nitrogens with one attached hydrogen (secondary N) is 2. The molecule has 1 aliphatic heterocycles. The van der Waals surface area contributed by atoms with Gasteiger partial charge in [-0.2, -0.15) is 5.26 Å². The van der Waals surface area contributed by atoms with Crippen molar-refractivity contribution in [1.29, 1.82) is 5.26 Å². The number of hydrogen-bond acceptors (Lipinski definition) is 4. The second-order valence-corrected chi connectivity index (χ2v) is 4.71. The molecule has 1 atom stereocenters. The van der Waals surface area contributed by atoms with E-state index in [0.29, 0.717) is 28.0 Å². The summed E-state index contributed by atoms with van der Waals surface area (Å²) in [5.41, 5.74) is 1.24. The van der Waals surface area contributed by atoms with Crippen molar-refractivity contribution in [1.82, 2.24) is 10.3 Å². The lowest BCUT2D eigenvalue weighted by Crippen LogP contribution is -2.18. The number of aryl methyl sites for hydroxylation is 1. The van der Waals surface area contributed by atoms with Crippen LogP contribution in [-0.2, 0) is 0 Å². The van der Waals surface area contributed by atoms with Gasteiger partial charge in [0.2, 0.25) is 0 Å². The Morgan fingerprint density at radius 1 is 1.71 bits per heavy atom. The Kier molecular flexibility index (Phi) is 3.82. The van der Waals surface area contributed by atoms with Gasteiger partial charge in [0, 0.05) is 6.54 Å². The maximum atomic E-state index is 8.86. The molecule has 2 rings (SSSR count). The van der Waals surface area contributed by atoms with E-state index in [0.717, 1.165) is 19.6 Å². The molecule has 0 spiro atoms. The molecule has 0 radical (unpaired) electrons. The lowest BCUT2D eigenvalue weighted by atomic mass is 10.1. The van der Waals surface area contributed by atoms with Crippen molar-refractivity contribution in [2.24, 2.45) is 5.92 Å². The molecular formula is C12H15ClN4. The minimum absolute atomic E-state index is 0.512. The number of aromatic nitrogens is 1. The number of nitrogens with zero attached hydrogens (tertiary/aromatic N) is 2. The molecule has 90 valence electrons. The van der Waals surface area contributed by atoms with E-state index in [2.05, 4.69) is 21.7 Å². The van der Waals surface area contributed by atoms with E-state index in [9.17, 15) is 0 Å². The third kappa shape index (κ3) is 2.87.